The number of likely N-dealkylation sites (N-methyl/N-ethyl adjacent to an activating group) is 1. The minimum Gasteiger partial charge on any atom is -0.383 e. The van der Waals surface area contributed by atoms with Crippen LogP contribution >= 0.6 is 0 Å². The van der Waals surface area contributed by atoms with E-state index in [1.165, 1.54) is 6.42 Å². The predicted molar refractivity (Wildman–Crippen MR) is 71.3 cm³/mol. The standard InChI is InChI=1S/C13H20N4O/c1-2-17-8-4-5-10(17)9-16-13(18)11-6-3-7-15-12(11)14/h3,6-7,10H,2,4-5,8-9H2,1H3,(H2,14,15)(H,16,18). The van der Waals surface area contributed by atoms with E-state index in [1.807, 2.05) is 0 Å². The molecule has 18 heavy (non-hydrogen) atoms. The maximum absolute atomic E-state index is 12.0. The highest BCUT2D eigenvalue weighted by Crippen LogP contribution is 2.16. The smallest absolute Gasteiger partial charge is 0.255 e. The molecule has 0 radical (unpaired) electrons. The Balaban J connectivity index is 1.91. The molecule has 1 amide bonds. The van der Waals surface area contributed by atoms with E-state index in [9.17, 15) is 4.79 Å². The molecule has 98 valence electrons. The van der Waals surface area contributed by atoms with E-state index in [0.29, 0.717) is 18.2 Å². The van der Waals surface area contributed by atoms with Gasteiger partial charge in [-0.05, 0) is 38.1 Å². The molecule has 1 aromatic heterocycles. The topological polar surface area (TPSA) is 71.2 Å². The minimum absolute atomic E-state index is 0.136. The first-order chi connectivity index (χ1) is 8.72. The molecule has 1 atom stereocenters. The van der Waals surface area contributed by atoms with Crippen LogP contribution in [0.5, 0.6) is 0 Å². The summed E-state index contributed by atoms with van der Waals surface area (Å²) in [5.41, 5.74) is 6.13. The van der Waals surface area contributed by atoms with Gasteiger partial charge in [-0.15, -0.1) is 0 Å². The summed E-state index contributed by atoms with van der Waals surface area (Å²) in [6, 6.07) is 3.88. The zero-order chi connectivity index (χ0) is 13.0. The molecule has 5 nitrogen and oxygen atoms in total. The van der Waals surface area contributed by atoms with Gasteiger partial charge in [0.25, 0.3) is 5.91 Å². The zero-order valence-corrected chi connectivity index (χ0v) is 10.7. The Morgan fingerprint density at radius 3 is 3.22 bits per heavy atom. The molecular weight excluding hydrogens is 228 g/mol. The monoisotopic (exact) mass is 248 g/mol. The van der Waals surface area contributed by atoms with Crippen molar-refractivity contribution < 1.29 is 4.79 Å². The summed E-state index contributed by atoms with van der Waals surface area (Å²) in [6.45, 7) is 5.00. The van der Waals surface area contributed by atoms with Gasteiger partial charge in [0.2, 0.25) is 0 Å². The number of hydrogen-bond donors (Lipinski definition) is 2. The van der Waals surface area contributed by atoms with Crippen LogP contribution in [0.3, 0.4) is 0 Å². The highest BCUT2D eigenvalue weighted by Gasteiger charge is 2.23. The highest BCUT2D eigenvalue weighted by atomic mass is 16.1. The van der Waals surface area contributed by atoms with E-state index in [2.05, 4.69) is 22.1 Å². The van der Waals surface area contributed by atoms with Gasteiger partial charge in [0, 0.05) is 18.8 Å². The molecule has 0 aliphatic carbocycles. The van der Waals surface area contributed by atoms with Gasteiger partial charge in [0.1, 0.15) is 5.82 Å². The molecule has 5 heteroatoms. The van der Waals surface area contributed by atoms with Crippen molar-refractivity contribution in [1.82, 2.24) is 15.2 Å². The average molecular weight is 248 g/mol. The number of amides is 1. The molecule has 0 aromatic carbocycles. The lowest BCUT2D eigenvalue weighted by molar-refractivity contribution is 0.0942. The zero-order valence-electron chi connectivity index (χ0n) is 10.7. The van der Waals surface area contributed by atoms with Gasteiger partial charge in [-0.25, -0.2) is 4.98 Å². The third-order valence-corrected chi connectivity index (χ3v) is 3.49. The SMILES string of the molecule is CCN1CCCC1CNC(=O)c1cccnc1N. The fourth-order valence-electron chi connectivity index (χ4n) is 2.46. The van der Waals surface area contributed by atoms with E-state index in [4.69, 9.17) is 5.73 Å². The first-order valence-electron chi connectivity index (χ1n) is 6.45. The maximum atomic E-state index is 12.0. The van der Waals surface area contributed by atoms with Gasteiger partial charge >= 0.3 is 0 Å². The van der Waals surface area contributed by atoms with Gasteiger partial charge in [0.05, 0.1) is 5.56 Å². The van der Waals surface area contributed by atoms with Crippen molar-refractivity contribution in [2.75, 3.05) is 25.4 Å². The number of hydrogen-bond acceptors (Lipinski definition) is 4. The van der Waals surface area contributed by atoms with E-state index >= 15 is 0 Å². The van der Waals surface area contributed by atoms with Crippen LogP contribution in [0, 0.1) is 0 Å². The largest absolute Gasteiger partial charge is 0.383 e. The first-order valence-corrected chi connectivity index (χ1v) is 6.45. The second kappa shape index (κ2) is 5.82. The number of carbonyl (C=O) groups is 1. The number of rotatable bonds is 4. The fourth-order valence-corrected chi connectivity index (χ4v) is 2.46. The van der Waals surface area contributed by atoms with Crippen molar-refractivity contribution in [3.05, 3.63) is 23.9 Å². The molecule has 1 saturated heterocycles. The third kappa shape index (κ3) is 2.79. The lowest BCUT2D eigenvalue weighted by atomic mass is 10.2. The Labute approximate surface area is 107 Å². The van der Waals surface area contributed by atoms with Crippen LogP contribution in [0.1, 0.15) is 30.1 Å². The van der Waals surface area contributed by atoms with Crippen molar-refractivity contribution in [3.8, 4) is 0 Å². The van der Waals surface area contributed by atoms with Crippen molar-refractivity contribution in [2.45, 2.75) is 25.8 Å². The third-order valence-electron chi connectivity index (χ3n) is 3.49. The summed E-state index contributed by atoms with van der Waals surface area (Å²) in [6.07, 6.45) is 3.95. The summed E-state index contributed by atoms with van der Waals surface area (Å²) in [5, 5.41) is 2.95. The van der Waals surface area contributed by atoms with Crippen LogP contribution < -0.4 is 11.1 Å². The minimum atomic E-state index is -0.136. The summed E-state index contributed by atoms with van der Waals surface area (Å²) in [7, 11) is 0. The summed E-state index contributed by atoms with van der Waals surface area (Å²) >= 11 is 0. The molecule has 1 fully saturated rings. The van der Waals surface area contributed by atoms with E-state index in [-0.39, 0.29) is 11.7 Å². The Bertz CT molecular complexity index is 421. The van der Waals surface area contributed by atoms with Crippen molar-refractivity contribution >= 4 is 11.7 Å². The summed E-state index contributed by atoms with van der Waals surface area (Å²) in [4.78, 5) is 18.3. The predicted octanol–water partition coefficient (Wildman–Crippen LogP) is 0.878. The van der Waals surface area contributed by atoms with Crippen LogP contribution in [-0.4, -0.2) is 41.5 Å². The molecule has 2 heterocycles. The summed E-state index contributed by atoms with van der Waals surface area (Å²) in [5.74, 6) is 0.150. The van der Waals surface area contributed by atoms with Crippen molar-refractivity contribution in [2.24, 2.45) is 0 Å². The van der Waals surface area contributed by atoms with Crippen molar-refractivity contribution in [3.63, 3.8) is 0 Å². The Morgan fingerprint density at radius 1 is 1.67 bits per heavy atom. The number of anilines is 1. The lowest BCUT2D eigenvalue weighted by Crippen LogP contribution is -2.40. The number of nitrogens with zero attached hydrogens (tertiary/aromatic N) is 2. The quantitative estimate of drug-likeness (QED) is 0.829. The van der Waals surface area contributed by atoms with Gasteiger partial charge in [-0.2, -0.15) is 0 Å². The molecule has 0 spiro atoms. The van der Waals surface area contributed by atoms with E-state index in [1.54, 1.807) is 18.3 Å². The maximum Gasteiger partial charge on any atom is 0.255 e. The number of aromatic nitrogens is 1. The van der Waals surface area contributed by atoms with E-state index < -0.39 is 0 Å². The number of likely N-dealkylation sites (tertiary alicyclic amines) is 1. The Kier molecular flexibility index (Phi) is 4.15. The van der Waals surface area contributed by atoms with Crippen LogP contribution in [0.4, 0.5) is 5.82 Å². The first kappa shape index (κ1) is 12.8. The van der Waals surface area contributed by atoms with Crippen LogP contribution in [-0.2, 0) is 0 Å². The van der Waals surface area contributed by atoms with Crippen molar-refractivity contribution in [1.29, 1.82) is 0 Å². The number of nitrogen functional groups attached to an aromatic ring is 1. The molecular formula is C13H20N4O. The molecule has 1 aliphatic heterocycles. The van der Waals surface area contributed by atoms with Gasteiger partial charge < -0.3 is 11.1 Å². The summed E-state index contributed by atoms with van der Waals surface area (Å²) < 4.78 is 0. The normalized spacial score (nSPS) is 19.9. The second-order valence-corrected chi connectivity index (χ2v) is 4.57. The molecule has 0 bridgehead atoms. The molecule has 1 aliphatic rings. The van der Waals surface area contributed by atoms with Gasteiger partial charge in [-0.1, -0.05) is 6.92 Å². The number of carbonyl (C=O) groups excluding carboxylic acids is 1. The Hall–Kier alpha value is -1.62. The average Bonchev–Trinajstić information content (AvgIpc) is 2.84. The Morgan fingerprint density at radius 2 is 2.50 bits per heavy atom. The van der Waals surface area contributed by atoms with Crippen LogP contribution in [0.2, 0.25) is 0 Å². The van der Waals surface area contributed by atoms with Crippen LogP contribution in [0.25, 0.3) is 0 Å². The number of nitrogens with one attached hydrogen (secondary N) is 1. The molecule has 3 N–H and O–H groups in total. The second-order valence-electron chi connectivity index (χ2n) is 4.57. The van der Waals surface area contributed by atoms with Gasteiger partial charge in [-0.3, -0.25) is 9.69 Å². The number of nitrogens with two attached hydrogens (primary N) is 1. The van der Waals surface area contributed by atoms with E-state index in [0.717, 1.165) is 19.5 Å². The molecule has 0 saturated carbocycles. The molecule has 2 rings (SSSR count). The van der Waals surface area contributed by atoms with Crippen LogP contribution in [0.15, 0.2) is 18.3 Å². The highest BCUT2D eigenvalue weighted by molar-refractivity contribution is 5.98. The lowest BCUT2D eigenvalue weighted by Gasteiger charge is -2.22. The molecule has 1 aromatic rings. The molecule has 1 unspecified atom stereocenters. The fraction of sp³-hybridized carbons (Fsp3) is 0.538. The number of pyridine rings is 1. The van der Waals surface area contributed by atoms with Gasteiger partial charge in [0.15, 0.2) is 0 Å².